The van der Waals surface area contributed by atoms with E-state index in [-0.39, 0.29) is 5.91 Å². The third-order valence-corrected chi connectivity index (χ3v) is 4.00. The Labute approximate surface area is 141 Å². The molecule has 0 aliphatic heterocycles. The molecule has 1 aromatic heterocycles. The number of carbonyl (C=O) groups is 1. The molecule has 0 spiro atoms. The number of aryl methyl sites for hydroxylation is 2. The van der Waals surface area contributed by atoms with Crippen molar-refractivity contribution < 1.29 is 9.21 Å². The Kier molecular flexibility index (Phi) is 4.67. The fourth-order valence-electron chi connectivity index (χ4n) is 2.52. The van der Waals surface area contributed by atoms with E-state index in [4.69, 9.17) is 4.42 Å². The summed E-state index contributed by atoms with van der Waals surface area (Å²) in [5.74, 6) is 5.92. The van der Waals surface area contributed by atoms with E-state index < -0.39 is 0 Å². The molecular weight excluding hydrogens is 298 g/mol. The average Bonchev–Trinajstić information content (AvgIpc) is 2.95. The van der Waals surface area contributed by atoms with Gasteiger partial charge in [0.1, 0.15) is 5.58 Å². The second-order valence-corrected chi connectivity index (χ2v) is 5.81. The molecule has 0 saturated carbocycles. The predicted molar refractivity (Wildman–Crippen MR) is 95.7 cm³/mol. The molecule has 0 atom stereocenters. The second kappa shape index (κ2) is 7.06. The van der Waals surface area contributed by atoms with Crippen LogP contribution in [0.1, 0.15) is 22.3 Å². The van der Waals surface area contributed by atoms with E-state index in [1.54, 1.807) is 6.26 Å². The molecule has 3 rings (SSSR count). The minimum Gasteiger partial charge on any atom is -0.464 e. The molecular formula is C21H19NO2. The minimum atomic E-state index is -0.0571. The molecule has 1 N–H and O–H groups in total. The number of carbonyl (C=O) groups excluding carboxylic acids is 1. The first-order chi connectivity index (χ1) is 11.6. The van der Waals surface area contributed by atoms with Crippen LogP contribution in [0.3, 0.4) is 0 Å². The summed E-state index contributed by atoms with van der Waals surface area (Å²) in [6, 6.07) is 13.8. The molecule has 0 bridgehead atoms. The first-order valence-electron chi connectivity index (χ1n) is 7.91. The maximum absolute atomic E-state index is 12.1. The number of amides is 1. The van der Waals surface area contributed by atoms with Gasteiger partial charge in [0.2, 0.25) is 5.91 Å². The first-order valence-corrected chi connectivity index (χ1v) is 7.91. The lowest BCUT2D eigenvalue weighted by atomic mass is 10.0. The highest BCUT2D eigenvalue weighted by molar-refractivity contribution is 5.88. The van der Waals surface area contributed by atoms with Crippen molar-refractivity contribution in [1.82, 2.24) is 5.32 Å². The predicted octanol–water partition coefficient (Wildman–Crippen LogP) is 3.76. The maximum atomic E-state index is 12.1. The van der Waals surface area contributed by atoms with Gasteiger partial charge < -0.3 is 9.73 Å². The van der Waals surface area contributed by atoms with Crippen LogP contribution in [0.25, 0.3) is 11.0 Å². The van der Waals surface area contributed by atoms with Crippen LogP contribution >= 0.6 is 0 Å². The third-order valence-electron chi connectivity index (χ3n) is 4.00. The summed E-state index contributed by atoms with van der Waals surface area (Å²) < 4.78 is 5.56. The molecule has 1 heterocycles. The normalized spacial score (nSPS) is 10.2. The van der Waals surface area contributed by atoms with Gasteiger partial charge in [0, 0.05) is 16.5 Å². The first kappa shape index (κ1) is 15.9. The fraction of sp³-hybridized carbons (Fsp3) is 0.190. The van der Waals surface area contributed by atoms with Crippen LogP contribution < -0.4 is 5.32 Å². The number of rotatable bonds is 3. The summed E-state index contributed by atoms with van der Waals surface area (Å²) >= 11 is 0. The lowest BCUT2D eigenvalue weighted by Crippen LogP contribution is -2.25. The molecule has 0 unspecified atom stereocenters. The number of furan rings is 1. The van der Waals surface area contributed by atoms with Crippen LogP contribution in [-0.2, 0) is 11.2 Å². The van der Waals surface area contributed by atoms with E-state index in [1.807, 2.05) is 36.4 Å². The molecule has 120 valence electrons. The van der Waals surface area contributed by atoms with Crippen LogP contribution in [0.5, 0.6) is 0 Å². The van der Waals surface area contributed by atoms with Gasteiger partial charge in [-0.05, 0) is 49.2 Å². The van der Waals surface area contributed by atoms with Gasteiger partial charge in [0.25, 0.3) is 0 Å². The van der Waals surface area contributed by atoms with E-state index in [9.17, 15) is 4.79 Å². The number of hydrogen-bond donors (Lipinski definition) is 1. The molecule has 1 amide bonds. The molecule has 0 aliphatic carbocycles. The van der Waals surface area contributed by atoms with Crippen LogP contribution in [0, 0.1) is 25.7 Å². The molecule has 3 aromatic rings. The lowest BCUT2D eigenvalue weighted by molar-refractivity contribution is -0.120. The summed E-state index contributed by atoms with van der Waals surface area (Å²) in [7, 11) is 0. The molecule has 0 fully saturated rings. The molecule has 3 heteroatoms. The summed E-state index contributed by atoms with van der Waals surface area (Å²) in [5, 5.41) is 3.83. The Bertz CT molecular complexity index is 927. The van der Waals surface area contributed by atoms with Gasteiger partial charge in [-0.15, -0.1) is 0 Å². The Balaban J connectivity index is 1.61. The van der Waals surface area contributed by atoms with Crippen LogP contribution in [0.4, 0.5) is 0 Å². The Morgan fingerprint density at radius 1 is 1.12 bits per heavy atom. The average molecular weight is 317 g/mol. The zero-order chi connectivity index (χ0) is 16.9. The molecule has 3 nitrogen and oxygen atoms in total. The van der Waals surface area contributed by atoms with E-state index in [2.05, 4.69) is 37.1 Å². The van der Waals surface area contributed by atoms with Crippen molar-refractivity contribution in [2.75, 3.05) is 6.54 Å². The summed E-state index contributed by atoms with van der Waals surface area (Å²) in [6.07, 6.45) is 1.96. The minimum absolute atomic E-state index is 0.0571. The van der Waals surface area contributed by atoms with Crippen molar-refractivity contribution in [3.05, 3.63) is 71.0 Å². The van der Waals surface area contributed by atoms with Crippen LogP contribution in [-0.4, -0.2) is 12.5 Å². The van der Waals surface area contributed by atoms with E-state index in [0.717, 1.165) is 22.1 Å². The fourth-order valence-corrected chi connectivity index (χ4v) is 2.52. The standard InChI is InChI=1S/C21H19NO2/c1-15-11-19-18(14-24-20(19)12-16(15)2)13-21(23)22-10-6-9-17-7-4-3-5-8-17/h3-5,7-8,11-12,14H,10,13H2,1-2H3,(H,22,23). The van der Waals surface area contributed by atoms with Gasteiger partial charge in [-0.1, -0.05) is 30.0 Å². The molecule has 0 radical (unpaired) electrons. The second-order valence-electron chi connectivity index (χ2n) is 5.81. The highest BCUT2D eigenvalue weighted by Gasteiger charge is 2.11. The number of benzene rings is 2. The molecule has 0 aliphatic rings. The number of hydrogen-bond acceptors (Lipinski definition) is 2. The van der Waals surface area contributed by atoms with E-state index >= 15 is 0 Å². The Morgan fingerprint density at radius 2 is 1.88 bits per heavy atom. The van der Waals surface area contributed by atoms with Gasteiger partial charge in [0.05, 0.1) is 19.2 Å². The summed E-state index contributed by atoms with van der Waals surface area (Å²) in [5.41, 5.74) is 5.05. The number of fused-ring (bicyclic) bond motifs is 1. The van der Waals surface area contributed by atoms with Crippen molar-refractivity contribution in [2.45, 2.75) is 20.3 Å². The Morgan fingerprint density at radius 3 is 2.67 bits per heavy atom. The molecule has 0 saturated heterocycles. The van der Waals surface area contributed by atoms with E-state index in [1.165, 1.54) is 11.1 Å². The smallest absolute Gasteiger partial charge is 0.225 e. The van der Waals surface area contributed by atoms with Gasteiger partial charge >= 0.3 is 0 Å². The topological polar surface area (TPSA) is 42.2 Å². The van der Waals surface area contributed by atoms with Crippen molar-refractivity contribution in [3.8, 4) is 11.8 Å². The van der Waals surface area contributed by atoms with Crippen molar-refractivity contribution in [1.29, 1.82) is 0 Å². The molecule has 2 aromatic carbocycles. The monoisotopic (exact) mass is 317 g/mol. The SMILES string of the molecule is Cc1cc2occ(CC(=O)NCC#Cc3ccccc3)c2cc1C. The van der Waals surface area contributed by atoms with E-state index in [0.29, 0.717) is 13.0 Å². The van der Waals surface area contributed by atoms with Gasteiger partial charge in [-0.2, -0.15) is 0 Å². The molecule has 24 heavy (non-hydrogen) atoms. The zero-order valence-electron chi connectivity index (χ0n) is 13.8. The quantitative estimate of drug-likeness (QED) is 0.747. The van der Waals surface area contributed by atoms with Crippen molar-refractivity contribution in [2.24, 2.45) is 0 Å². The number of nitrogens with one attached hydrogen (secondary N) is 1. The van der Waals surface area contributed by atoms with Crippen LogP contribution in [0.2, 0.25) is 0 Å². The third kappa shape index (κ3) is 3.67. The highest BCUT2D eigenvalue weighted by atomic mass is 16.3. The zero-order valence-corrected chi connectivity index (χ0v) is 13.8. The summed E-state index contributed by atoms with van der Waals surface area (Å²) in [4.78, 5) is 12.1. The van der Waals surface area contributed by atoms with Crippen LogP contribution in [0.15, 0.2) is 53.1 Å². The van der Waals surface area contributed by atoms with Gasteiger partial charge in [0.15, 0.2) is 0 Å². The van der Waals surface area contributed by atoms with Gasteiger partial charge in [-0.25, -0.2) is 0 Å². The van der Waals surface area contributed by atoms with Crippen molar-refractivity contribution >= 4 is 16.9 Å². The largest absolute Gasteiger partial charge is 0.464 e. The highest BCUT2D eigenvalue weighted by Crippen LogP contribution is 2.25. The van der Waals surface area contributed by atoms with Gasteiger partial charge in [-0.3, -0.25) is 4.79 Å². The summed E-state index contributed by atoms with van der Waals surface area (Å²) in [6.45, 7) is 4.45. The maximum Gasteiger partial charge on any atom is 0.225 e. The van der Waals surface area contributed by atoms with Crippen molar-refractivity contribution in [3.63, 3.8) is 0 Å². The Hall–Kier alpha value is -2.99. The lowest BCUT2D eigenvalue weighted by Gasteiger charge is -2.02.